The van der Waals surface area contributed by atoms with Crippen molar-refractivity contribution in [1.29, 1.82) is 0 Å². The normalized spacial score (nSPS) is 11.6. The Morgan fingerprint density at radius 1 is 1.00 bits per heavy atom. The molecule has 1 unspecified atom stereocenters. The monoisotopic (exact) mass is 399 g/mol. The third-order valence-electron chi connectivity index (χ3n) is 4.60. The number of unbranched alkanes of at least 4 members (excludes halogenated alkanes) is 3. The van der Waals surface area contributed by atoms with Crippen LogP contribution < -0.4 is 10.1 Å². The van der Waals surface area contributed by atoms with Gasteiger partial charge in [0.2, 0.25) is 0 Å². The van der Waals surface area contributed by atoms with E-state index in [1.165, 1.54) is 6.42 Å². The maximum absolute atomic E-state index is 12.1. The SMILES string of the molecule is CCCCCCC(Oc1ccc(O)cc1)c1ccc(C(=O)NCCC(=O)O)cc1. The minimum absolute atomic E-state index is 0.0972. The van der Waals surface area contributed by atoms with Crippen molar-refractivity contribution in [2.75, 3.05) is 6.54 Å². The highest BCUT2D eigenvalue weighted by atomic mass is 16.5. The van der Waals surface area contributed by atoms with Crippen molar-refractivity contribution in [1.82, 2.24) is 5.32 Å². The van der Waals surface area contributed by atoms with E-state index in [4.69, 9.17) is 9.84 Å². The van der Waals surface area contributed by atoms with E-state index in [0.29, 0.717) is 11.3 Å². The van der Waals surface area contributed by atoms with Crippen molar-refractivity contribution in [2.45, 2.75) is 51.6 Å². The molecule has 0 saturated carbocycles. The van der Waals surface area contributed by atoms with Crippen LogP contribution >= 0.6 is 0 Å². The number of benzene rings is 2. The Kier molecular flexibility index (Phi) is 9.02. The third kappa shape index (κ3) is 7.86. The molecule has 1 atom stereocenters. The van der Waals surface area contributed by atoms with Gasteiger partial charge in [-0.1, -0.05) is 38.3 Å². The first kappa shape index (κ1) is 22.3. The van der Waals surface area contributed by atoms with Gasteiger partial charge in [0.05, 0.1) is 6.42 Å². The van der Waals surface area contributed by atoms with Crippen LogP contribution in [0.1, 0.15) is 67.5 Å². The van der Waals surface area contributed by atoms with Crippen LogP contribution in [0, 0.1) is 0 Å². The highest BCUT2D eigenvalue weighted by Gasteiger charge is 2.15. The first-order valence-electron chi connectivity index (χ1n) is 10.0. The number of aromatic hydroxyl groups is 1. The molecule has 3 N–H and O–H groups in total. The molecule has 0 heterocycles. The molecule has 156 valence electrons. The Morgan fingerprint density at radius 2 is 1.69 bits per heavy atom. The second-order valence-corrected chi connectivity index (χ2v) is 6.97. The van der Waals surface area contributed by atoms with Crippen LogP contribution in [0.3, 0.4) is 0 Å². The standard InChI is InChI=1S/C23H29NO5/c1-2-3-4-5-6-21(29-20-13-11-19(25)12-14-20)17-7-9-18(10-8-17)23(28)24-16-15-22(26)27/h7-14,21,25H,2-6,15-16H2,1H3,(H,24,28)(H,26,27). The molecule has 0 bridgehead atoms. The lowest BCUT2D eigenvalue weighted by atomic mass is 10.0. The molecular weight excluding hydrogens is 370 g/mol. The summed E-state index contributed by atoms with van der Waals surface area (Å²) >= 11 is 0. The van der Waals surface area contributed by atoms with E-state index in [2.05, 4.69) is 12.2 Å². The van der Waals surface area contributed by atoms with Crippen molar-refractivity contribution >= 4 is 11.9 Å². The summed E-state index contributed by atoms with van der Waals surface area (Å²) in [6.07, 6.45) is 5.11. The zero-order chi connectivity index (χ0) is 21.1. The van der Waals surface area contributed by atoms with Gasteiger partial charge in [-0.2, -0.15) is 0 Å². The average molecular weight is 399 g/mol. The molecule has 0 aliphatic rings. The predicted molar refractivity (Wildman–Crippen MR) is 111 cm³/mol. The quantitative estimate of drug-likeness (QED) is 0.450. The smallest absolute Gasteiger partial charge is 0.305 e. The number of phenolic OH excluding ortho intramolecular Hbond substituents is 1. The van der Waals surface area contributed by atoms with Crippen LogP contribution in [0.5, 0.6) is 11.5 Å². The molecule has 2 rings (SSSR count). The van der Waals surface area contributed by atoms with E-state index in [0.717, 1.165) is 31.2 Å². The largest absolute Gasteiger partial charge is 0.508 e. The van der Waals surface area contributed by atoms with Gasteiger partial charge in [-0.3, -0.25) is 9.59 Å². The molecule has 6 nitrogen and oxygen atoms in total. The van der Waals surface area contributed by atoms with E-state index in [1.54, 1.807) is 36.4 Å². The number of hydrogen-bond acceptors (Lipinski definition) is 4. The first-order valence-corrected chi connectivity index (χ1v) is 10.0. The molecule has 0 aromatic heterocycles. The second-order valence-electron chi connectivity index (χ2n) is 6.97. The first-order chi connectivity index (χ1) is 14.0. The minimum atomic E-state index is -0.946. The third-order valence-corrected chi connectivity index (χ3v) is 4.60. The van der Waals surface area contributed by atoms with E-state index >= 15 is 0 Å². The van der Waals surface area contributed by atoms with Crippen LogP contribution in [0.25, 0.3) is 0 Å². The number of carboxylic acid groups (broad SMARTS) is 1. The van der Waals surface area contributed by atoms with Gasteiger partial charge in [0, 0.05) is 12.1 Å². The lowest BCUT2D eigenvalue weighted by Crippen LogP contribution is -2.26. The van der Waals surface area contributed by atoms with E-state index in [9.17, 15) is 14.7 Å². The van der Waals surface area contributed by atoms with Crippen LogP contribution in [0.4, 0.5) is 0 Å². The molecule has 1 amide bonds. The number of carbonyl (C=O) groups excluding carboxylic acids is 1. The summed E-state index contributed by atoms with van der Waals surface area (Å²) in [5.41, 5.74) is 1.45. The van der Waals surface area contributed by atoms with Gasteiger partial charge >= 0.3 is 5.97 Å². The number of hydrogen-bond donors (Lipinski definition) is 3. The van der Waals surface area contributed by atoms with Crippen molar-refractivity contribution in [3.8, 4) is 11.5 Å². The van der Waals surface area contributed by atoms with Gasteiger partial charge < -0.3 is 20.3 Å². The van der Waals surface area contributed by atoms with Gasteiger partial charge in [0.1, 0.15) is 17.6 Å². The van der Waals surface area contributed by atoms with Crippen LogP contribution in [-0.2, 0) is 4.79 Å². The summed E-state index contributed by atoms with van der Waals surface area (Å²) in [5.74, 6) is -0.372. The Balaban J connectivity index is 2.05. The summed E-state index contributed by atoms with van der Waals surface area (Å²) in [6.45, 7) is 2.27. The number of nitrogens with one attached hydrogen (secondary N) is 1. The number of phenols is 1. The number of ether oxygens (including phenoxy) is 1. The number of carbonyl (C=O) groups is 2. The Labute approximate surface area is 171 Å². The molecule has 2 aromatic rings. The molecular formula is C23H29NO5. The molecule has 2 aromatic carbocycles. The zero-order valence-electron chi connectivity index (χ0n) is 16.8. The zero-order valence-corrected chi connectivity index (χ0v) is 16.8. The second kappa shape index (κ2) is 11.7. The molecule has 29 heavy (non-hydrogen) atoms. The number of rotatable bonds is 12. The fourth-order valence-electron chi connectivity index (χ4n) is 2.97. The summed E-state index contributed by atoms with van der Waals surface area (Å²) in [6, 6.07) is 13.8. The summed E-state index contributed by atoms with van der Waals surface area (Å²) < 4.78 is 6.15. The van der Waals surface area contributed by atoms with Gasteiger partial charge in [-0.15, -0.1) is 0 Å². The lowest BCUT2D eigenvalue weighted by Gasteiger charge is -2.20. The van der Waals surface area contributed by atoms with Gasteiger partial charge in [0.25, 0.3) is 5.91 Å². The lowest BCUT2D eigenvalue weighted by molar-refractivity contribution is -0.136. The minimum Gasteiger partial charge on any atom is -0.508 e. The van der Waals surface area contributed by atoms with Crippen LogP contribution in [-0.4, -0.2) is 28.6 Å². The number of carboxylic acids is 1. The number of aliphatic carboxylic acids is 1. The summed E-state index contributed by atoms with van der Waals surface area (Å²) in [7, 11) is 0. The fourth-order valence-corrected chi connectivity index (χ4v) is 2.97. The van der Waals surface area contributed by atoms with Crippen molar-refractivity contribution < 1.29 is 24.5 Å². The van der Waals surface area contributed by atoms with Gasteiger partial charge in [0.15, 0.2) is 0 Å². The van der Waals surface area contributed by atoms with E-state index < -0.39 is 5.97 Å². The van der Waals surface area contributed by atoms with Crippen molar-refractivity contribution in [3.63, 3.8) is 0 Å². The van der Waals surface area contributed by atoms with Crippen molar-refractivity contribution in [2.24, 2.45) is 0 Å². The molecule has 0 spiro atoms. The van der Waals surface area contributed by atoms with Crippen molar-refractivity contribution in [3.05, 3.63) is 59.7 Å². The topological polar surface area (TPSA) is 95.9 Å². The van der Waals surface area contributed by atoms with Gasteiger partial charge in [-0.25, -0.2) is 0 Å². The van der Waals surface area contributed by atoms with Crippen LogP contribution in [0.2, 0.25) is 0 Å². The highest BCUT2D eigenvalue weighted by Crippen LogP contribution is 2.28. The Morgan fingerprint density at radius 3 is 2.31 bits per heavy atom. The molecule has 0 aliphatic carbocycles. The number of amides is 1. The molecule has 6 heteroatoms. The molecule has 0 saturated heterocycles. The molecule has 0 fully saturated rings. The Bertz CT molecular complexity index is 771. The maximum Gasteiger partial charge on any atom is 0.305 e. The predicted octanol–water partition coefficient (Wildman–Crippen LogP) is 4.69. The highest BCUT2D eigenvalue weighted by molar-refractivity contribution is 5.94. The fraction of sp³-hybridized carbons (Fsp3) is 0.391. The molecule has 0 aliphatic heterocycles. The van der Waals surface area contributed by atoms with Crippen LogP contribution in [0.15, 0.2) is 48.5 Å². The van der Waals surface area contributed by atoms with E-state index in [-0.39, 0.29) is 30.7 Å². The average Bonchev–Trinajstić information content (AvgIpc) is 2.71. The van der Waals surface area contributed by atoms with E-state index in [1.807, 2.05) is 12.1 Å². The molecule has 0 radical (unpaired) electrons. The maximum atomic E-state index is 12.1. The summed E-state index contributed by atoms with van der Waals surface area (Å²) in [4.78, 5) is 22.7. The summed E-state index contributed by atoms with van der Waals surface area (Å²) in [5, 5.41) is 20.7. The Hall–Kier alpha value is -3.02. The van der Waals surface area contributed by atoms with Gasteiger partial charge in [-0.05, 0) is 54.8 Å².